The number of ether oxygens (including phenoxy) is 2. The van der Waals surface area contributed by atoms with Gasteiger partial charge < -0.3 is 9.47 Å². The summed E-state index contributed by atoms with van der Waals surface area (Å²) in [4.78, 5) is 1.37. The quantitative estimate of drug-likeness (QED) is 0.751. The molecule has 1 saturated heterocycles. The van der Waals surface area contributed by atoms with Crippen molar-refractivity contribution in [3.63, 3.8) is 0 Å². The number of thioether (sulfide) groups is 1. The molecule has 1 aromatic carbocycles. The van der Waals surface area contributed by atoms with Crippen molar-refractivity contribution in [1.82, 2.24) is 0 Å². The van der Waals surface area contributed by atoms with Crippen molar-refractivity contribution in [3.05, 3.63) is 29.3 Å². The number of aryl methyl sites for hydroxylation is 2. The summed E-state index contributed by atoms with van der Waals surface area (Å²) in [5.41, 5.74) is 2.67. The maximum Gasteiger partial charge on any atom is 0.158 e. The van der Waals surface area contributed by atoms with E-state index >= 15 is 0 Å². The van der Waals surface area contributed by atoms with Crippen LogP contribution in [-0.4, -0.2) is 25.3 Å². The van der Waals surface area contributed by atoms with Gasteiger partial charge in [-0.25, -0.2) is 0 Å². The standard InChI is InChI=1S/C13H18O2S/c1-10-3-4-11(2)12(9-10)16-8-5-13-14-6-7-15-13/h3-4,9,13H,5-8H2,1-2H3. The molecule has 3 heteroatoms. The van der Waals surface area contributed by atoms with E-state index in [0.717, 1.165) is 25.4 Å². The third-order valence-electron chi connectivity index (χ3n) is 2.65. The van der Waals surface area contributed by atoms with Gasteiger partial charge in [0.2, 0.25) is 0 Å². The molecule has 2 rings (SSSR count). The first-order chi connectivity index (χ1) is 7.75. The van der Waals surface area contributed by atoms with Crippen molar-refractivity contribution in [2.75, 3.05) is 19.0 Å². The van der Waals surface area contributed by atoms with Gasteiger partial charge in [0.25, 0.3) is 0 Å². The molecule has 0 unspecified atom stereocenters. The summed E-state index contributed by atoms with van der Waals surface area (Å²) in [6.07, 6.45) is 0.996. The van der Waals surface area contributed by atoms with Crippen LogP contribution in [0, 0.1) is 13.8 Å². The molecular formula is C13H18O2S. The highest BCUT2D eigenvalue weighted by Gasteiger charge is 2.15. The molecule has 0 atom stereocenters. The Labute approximate surface area is 101 Å². The molecule has 0 spiro atoms. The molecule has 0 radical (unpaired) electrons. The molecule has 0 N–H and O–H groups in total. The molecule has 1 fully saturated rings. The maximum absolute atomic E-state index is 5.41. The fraction of sp³-hybridized carbons (Fsp3) is 0.538. The van der Waals surface area contributed by atoms with Crippen LogP contribution in [0.3, 0.4) is 0 Å². The molecule has 1 aliphatic rings. The predicted molar refractivity (Wildman–Crippen MR) is 66.9 cm³/mol. The van der Waals surface area contributed by atoms with Gasteiger partial charge in [-0.15, -0.1) is 11.8 Å². The van der Waals surface area contributed by atoms with Gasteiger partial charge in [0, 0.05) is 17.1 Å². The molecule has 0 amide bonds. The van der Waals surface area contributed by atoms with Crippen molar-refractivity contribution >= 4 is 11.8 Å². The lowest BCUT2D eigenvalue weighted by atomic mass is 10.2. The van der Waals surface area contributed by atoms with Crippen LogP contribution in [0.2, 0.25) is 0 Å². The lowest BCUT2D eigenvalue weighted by Gasteiger charge is -2.10. The van der Waals surface area contributed by atoms with E-state index in [9.17, 15) is 0 Å². The largest absolute Gasteiger partial charge is 0.350 e. The Hall–Kier alpha value is -0.510. The maximum atomic E-state index is 5.41. The fourth-order valence-electron chi connectivity index (χ4n) is 1.70. The van der Waals surface area contributed by atoms with Crippen LogP contribution in [0.1, 0.15) is 17.5 Å². The van der Waals surface area contributed by atoms with Crippen LogP contribution in [-0.2, 0) is 9.47 Å². The van der Waals surface area contributed by atoms with Crippen molar-refractivity contribution in [2.24, 2.45) is 0 Å². The topological polar surface area (TPSA) is 18.5 Å². The molecule has 0 aromatic heterocycles. The Bertz CT molecular complexity index is 346. The fourth-order valence-corrected chi connectivity index (χ4v) is 2.80. The lowest BCUT2D eigenvalue weighted by Crippen LogP contribution is -2.08. The number of hydrogen-bond acceptors (Lipinski definition) is 3. The molecule has 0 saturated carbocycles. The van der Waals surface area contributed by atoms with E-state index in [1.165, 1.54) is 16.0 Å². The van der Waals surface area contributed by atoms with E-state index in [1.807, 2.05) is 11.8 Å². The van der Waals surface area contributed by atoms with Crippen molar-refractivity contribution in [3.8, 4) is 0 Å². The van der Waals surface area contributed by atoms with Crippen LogP contribution >= 0.6 is 11.8 Å². The first-order valence-corrected chi connectivity index (χ1v) is 6.67. The molecule has 0 bridgehead atoms. The Morgan fingerprint density at radius 1 is 1.25 bits per heavy atom. The molecule has 1 heterocycles. The number of benzene rings is 1. The van der Waals surface area contributed by atoms with E-state index in [4.69, 9.17) is 9.47 Å². The van der Waals surface area contributed by atoms with E-state index in [-0.39, 0.29) is 6.29 Å². The van der Waals surface area contributed by atoms with Gasteiger partial charge in [-0.3, -0.25) is 0 Å². The van der Waals surface area contributed by atoms with E-state index in [1.54, 1.807) is 0 Å². The summed E-state index contributed by atoms with van der Waals surface area (Å²) in [5, 5.41) is 0. The smallest absolute Gasteiger partial charge is 0.158 e. The molecular weight excluding hydrogens is 220 g/mol. The Kier molecular flexibility index (Phi) is 4.27. The summed E-state index contributed by atoms with van der Waals surface area (Å²) in [6.45, 7) is 5.79. The van der Waals surface area contributed by atoms with Gasteiger partial charge in [-0.05, 0) is 25.5 Å². The number of rotatable bonds is 4. The monoisotopic (exact) mass is 238 g/mol. The highest BCUT2D eigenvalue weighted by atomic mass is 32.2. The first kappa shape index (κ1) is 12.0. The van der Waals surface area contributed by atoms with E-state index < -0.39 is 0 Å². The average Bonchev–Trinajstić information content (AvgIpc) is 2.76. The zero-order valence-corrected chi connectivity index (χ0v) is 10.7. The van der Waals surface area contributed by atoms with Crippen molar-refractivity contribution in [1.29, 1.82) is 0 Å². The molecule has 1 aromatic rings. The van der Waals surface area contributed by atoms with Crippen LogP contribution in [0.5, 0.6) is 0 Å². The summed E-state index contributed by atoms with van der Waals surface area (Å²) in [7, 11) is 0. The Balaban J connectivity index is 1.82. The third kappa shape index (κ3) is 3.24. The first-order valence-electron chi connectivity index (χ1n) is 5.69. The number of hydrogen-bond donors (Lipinski definition) is 0. The van der Waals surface area contributed by atoms with Gasteiger partial charge in [-0.1, -0.05) is 17.7 Å². The lowest BCUT2D eigenvalue weighted by molar-refractivity contribution is -0.0421. The van der Waals surface area contributed by atoms with Gasteiger partial charge in [-0.2, -0.15) is 0 Å². The van der Waals surface area contributed by atoms with E-state index in [2.05, 4.69) is 32.0 Å². The summed E-state index contributed by atoms with van der Waals surface area (Å²) in [5.74, 6) is 1.05. The van der Waals surface area contributed by atoms with Gasteiger partial charge in [0.05, 0.1) is 13.2 Å². The zero-order chi connectivity index (χ0) is 11.4. The predicted octanol–water partition coefficient (Wildman–Crippen LogP) is 3.16. The average molecular weight is 238 g/mol. The highest BCUT2D eigenvalue weighted by molar-refractivity contribution is 7.99. The normalized spacial score (nSPS) is 16.9. The van der Waals surface area contributed by atoms with E-state index in [0.29, 0.717) is 0 Å². The zero-order valence-electron chi connectivity index (χ0n) is 9.86. The highest BCUT2D eigenvalue weighted by Crippen LogP contribution is 2.25. The SMILES string of the molecule is Cc1ccc(C)c(SCCC2OCCO2)c1. The second kappa shape index (κ2) is 5.71. The van der Waals surface area contributed by atoms with Gasteiger partial charge >= 0.3 is 0 Å². The minimum atomic E-state index is 0.0256. The van der Waals surface area contributed by atoms with Crippen molar-refractivity contribution in [2.45, 2.75) is 31.5 Å². The molecule has 0 aliphatic carbocycles. The molecule has 16 heavy (non-hydrogen) atoms. The van der Waals surface area contributed by atoms with Crippen LogP contribution < -0.4 is 0 Å². The van der Waals surface area contributed by atoms with Crippen LogP contribution in [0.4, 0.5) is 0 Å². The Morgan fingerprint density at radius 3 is 2.75 bits per heavy atom. The van der Waals surface area contributed by atoms with Gasteiger partial charge in [0.15, 0.2) is 6.29 Å². The molecule has 88 valence electrons. The summed E-state index contributed by atoms with van der Waals surface area (Å²) >= 11 is 1.89. The summed E-state index contributed by atoms with van der Waals surface area (Å²) < 4.78 is 10.8. The second-order valence-electron chi connectivity index (χ2n) is 4.08. The van der Waals surface area contributed by atoms with Gasteiger partial charge in [0.1, 0.15) is 0 Å². The van der Waals surface area contributed by atoms with Crippen LogP contribution in [0.15, 0.2) is 23.1 Å². The Morgan fingerprint density at radius 2 is 2.00 bits per heavy atom. The molecule has 2 nitrogen and oxygen atoms in total. The second-order valence-corrected chi connectivity index (χ2v) is 5.21. The van der Waals surface area contributed by atoms with Crippen molar-refractivity contribution < 1.29 is 9.47 Å². The third-order valence-corrected chi connectivity index (χ3v) is 3.84. The van der Waals surface area contributed by atoms with Crippen LogP contribution in [0.25, 0.3) is 0 Å². The molecule has 1 aliphatic heterocycles. The minimum Gasteiger partial charge on any atom is -0.350 e. The summed E-state index contributed by atoms with van der Waals surface area (Å²) in [6, 6.07) is 6.58. The minimum absolute atomic E-state index is 0.0256.